The number of phenolic OH excluding ortho intramolecular Hbond substituents is 1. The number of methoxy groups -OCH3 is 1. The highest BCUT2D eigenvalue weighted by molar-refractivity contribution is 6.31. The van der Waals surface area contributed by atoms with E-state index in [2.05, 4.69) is 0 Å². The topological polar surface area (TPSA) is 55.5 Å². The third kappa shape index (κ3) is 2.26. The maximum absolute atomic E-state index is 9.42. The maximum Gasteiger partial charge on any atom is 0.161 e. The summed E-state index contributed by atoms with van der Waals surface area (Å²) in [7, 11) is 1.48. The number of rotatable bonds is 3. The number of hydrogen-bond acceptors (Lipinski definition) is 3. The van der Waals surface area contributed by atoms with Crippen molar-refractivity contribution in [3.63, 3.8) is 0 Å². The quantitative estimate of drug-likeness (QED) is 0.781. The Morgan fingerprint density at radius 3 is 2.77 bits per heavy atom. The molecule has 0 saturated carbocycles. The van der Waals surface area contributed by atoms with Crippen molar-refractivity contribution in [1.82, 2.24) is 0 Å². The smallest absolute Gasteiger partial charge is 0.161 e. The summed E-state index contributed by atoms with van der Waals surface area (Å²) in [4.78, 5) is 0. The molecule has 1 aromatic carbocycles. The second kappa shape index (κ2) is 4.35. The molecule has 0 unspecified atom stereocenters. The van der Waals surface area contributed by atoms with Gasteiger partial charge in [0, 0.05) is 11.1 Å². The van der Waals surface area contributed by atoms with Crippen molar-refractivity contribution >= 4 is 11.6 Å². The Balaban J connectivity index is 3.05. The van der Waals surface area contributed by atoms with E-state index < -0.39 is 0 Å². The molecule has 0 heterocycles. The number of halogens is 1. The molecule has 0 aliphatic carbocycles. The van der Waals surface area contributed by atoms with Gasteiger partial charge in [-0.25, -0.2) is 0 Å². The standard InChI is InChI=1S/C9H12ClNO2/c1-13-9-5-7(10)6(2-3-11)4-8(9)12/h4-5,12H,2-3,11H2,1H3. The molecule has 0 atom stereocenters. The summed E-state index contributed by atoms with van der Waals surface area (Å²) in [5.74, 6) is 0.473. The molecule has 0 aliphatic heterocycles. The van der Waals surface area contributed by atoms with Crippen LogP contribution in [0.25, 0.3) is 0 Å². The fourth-order valence-electron chi connectivity index (χ4n) is 1.10. The Morgan fingerprint density at radius 2 is 2.23 bits per heavy atom. The lowest BCUT2D eigenvalue weighted by atomic mass is 10.1. The summed E-state index contributed by atoms with van der Waals surface area (Å²) < 4.78 is 4.89. The van der Waals surface area contributed by atoms with Gasteiger partial charge >= 0.3 is 0 Å². The Hall–Kier alpha value is -0.930. The van der Waals surface area contributed by atoms with Gasteiger partial charge in [0.15, 0.2) is 11.5 Å². The van der Waals surface area contributed by atoms with Crippen molar-refractivity contribution in [3.05, 3.63) is 22.7 Å². The highest BCUT2D eigenvalue weighted by Gasteiger charge is 2.07. The van der Waals surface area contributed by atoms with E-state index in [1.54, 1.807) is 12.1 Å². The van der Waals surface area contributed by atoms with Crippen LogP contribution in [0.1, 0.15) is 5.56 Å². The minimum absolute atomic E-state index is 0.0929. The van der Waals surface area contributed by atoms with Gasteiger partial charge in [-0.15, -0.1) is 0 Å². The zero-order valence-electron chi connectivity index (χ0n) is 7.38. The molecule has 0 amide bonds. The van der Waals surface area contributed by atoms with Crippen LogP contribution in [0, 0.1) is 0 Å². The van der Waals surface area contributed by atoms with Crippen LogP contribution >= 0.6 is 11.6 Å². The van der Waals surface area contributed by atoms with E-state index in [-0.39, 0.29) is 5.75 Å². The van der Waals surface area contributed by atoms with Crippen LogP contribution in [0.15, 0.2) is 12.1 Å². The van der Waals surface area contributed by atoms with Crippen LogP contribution in [-0.4, -0.2) is 18.8 Å². The van der Waals surface area contributed by atoms with Gasteiger partial charge in [0.2, 0.25) is 0 Å². The molecule has 0 spiro atoms. The van der Waals surface area contributed by atoms with Gasteiger partial charge in [0.1, 0.15) is 0 Å². The molecule has 1 rings (SSSR count). The molecule has 3 nitrogen and oxygen atoms in total. The fraction of sp³-hybridized carbons (Fsp3) is 0.333. The molecule has 0 fully saturated rings. The van der Waals surface area contributed by atoms with Gasteiger partial charge in [-0.2, -0.15) is 0 Å². The molecule has 1 aromatic rings. The SMILES string of the molecule is COc1cc(Cl)c(CCN)cc1O. The van der Waals surface area contributed by atoms with Gasteiger partial charge < -0.3 is 15.6 Å². The summed E-state index contributed by atoms with van der Waals surface area (Å²) in [5, 5.41) is 9.99. The minimum Gasteiger partial charge on any atom is -0.504 e. The summed E-state index contributed by atoms with van der Waals surface area (Å²) in [5.41, 5.74) is 6.21. The van der Waals surface area contributed by atoms with Crippen LogP contribution < -0.4 is 10.5 Å². The van der Waals surface area contributed by atoms with Gasteiger partial charge in [0.25, 0.3) is 0 Å². The zero-order chi connectivity index (χ0) is 9.84. The first-order valence-corrected chi connectivity index (χ1v) is 4.32. The van der Waals surface area contributed by atoms with Gasteiger partial charge in [-0.3, -0.25) is 0 Å². The summed E-state index contributed by atoms with van der Waals surface area (Å²) in [6.07, 6.45) is 0.649. The number of benzene rings is 1. The first-order chi connectivity index (χ1) is 6.19. The highest BCUT2D eigenvalue weighted by atomic mass is 35.5. The van der Waals surface area contributed by atoms with E-state index in [1.807, 2.05) is 0 Å². The average Bonchev–Trinajstić information content (AvgIpc) is 2.11. The van der Waals surface area contributed by atoms with Gasteiger partial charge in [0.05, 0.1) is 7.11 Å². The molecule has 0 saturated heterocycles. The second-order valence-corrected chi connectivity index (χ2v) is 3.06. The molecular weight excluding hydrogens is 190 g/mol. The lowest BCUT2D eigenvalue weighted by molar-refractivity contribution is 0.373. The van der Waals surface area contributed by atoms with E-state index in [4.69, 9.17) is 22.1 Å². The molecule has 4 heteroatoms. The lowest BCUT2D eigenvalue weighted by Gasteiger charge is -2.07. The first kappa shape index (κ1) is 10.2. The number of ether oxygens (including phenoxy) is 1. The third-order valence-corrected chi connectivity index (χ3v) is 2.11. The van der Waals surface area contributed by atoms with Gasteiger partial charge in [-0.1, -0.05) is 11.6 Å². The van der Waals surface area contributed by atoms with Crippen LogP contribution in [0.5, 0.6) is 11.5 Å². The number of nitrogens with two attached hydrogens (primary N) is 1. The first-order valence-electron chi connectivity index (χ1n) is 3.94. The van der Waals surface area contributed by atoms with Crippen molar-refractivity contribution in [2.45, 2.75) is 6.42 Å². The van der Waals surface area contributed by atoms with Crippen molar-refractivity contribution in [2.75, 3.05) is 13.7 Å². The van der Waals surface area contributed by atoms with Crippen LogP contribution in [-0.2, 0) is 6.42 Å². The van der Waals surface area contributed by atoms with Crippen LogP contribution in [0.4, 0.5) is 0 Å². The molecular formula is C9H12ClNO2. The summed E-state index contributed by atoms with van der Waals surface area (Å²) in [6.45, 7) is 0.505. The Bertz CT molecular complexity index is 302. The third-order valence-electron chi connectivity index (χ3n) is 1.76. The van der Waals surface area contributed by atoms with Crippen LogP contribution in [0.2, 0.25) is 5.02 Å². The molecule has 0 aliphatic rings. The minimum atomic E-state index is 0.0929. The molecule has 13 heavy (non-hydrogen) atoms. The predicted octanol–water partition coefficient (Wildman–Crippen LogP) is 1.56. The second-order valence-electron chi connectivity index (χ2n) is 2.65. The Morgan fingerprint density at radius 1 is 1.54 bits per heavy atom. The molecule has 0 aromatic heterocycles. The predicted molar refractivity (Wildman–Crippen MR) is 52.4 cm³/mol. The van der Waals surface area contributed by atoms with Crippen molar-refractivity contribution in [3.8, 4) is 11.5 Å². The molecule has 0 radical (unpaired) electrons. The van der Waals surface area contributed by atoms with E-state index in [0.29, 0.717) is 23.7 Å². The number of phenols is 1. The fourth-order valence-corrected chi connectivity index (χ4v) is 1.35. The van der Waals surface area contributed by atoms with Crippen molar-refractivity contribution in [1.29, 1.82) is 0 Å². The Labute approximate surface area is 82.1 Å². The number of aromatic hydroxyl groups is 1. The largest absolute Gasteiger partial charge is 0.504 e. The summed E-state index contributed by atoms with van der Waals surface area (Å²) in [6, 6.07) is 3.16. The summed E-state index contributed by atoms with van der Waals surface area (Å²) >= 11 is 5.91. The van der Waals surface area contributed by atoms with E-state index in [9.17, 15) is 5.11 Å². The van der Waals surface area contributed by atoms with Crippen molar-refractivity contribution < 1.29 is 9.84 Å². The van der Waals surface area contributed by atoms with E-state index in [0.717, 1.165) is 5.56 Å². The molecule has 3 N–H and O–H groups in total. The number of hydrogen-bond donors (Lipinski definition) is 2. The Kier molecular flexibility index (Phi) is 3.39. The molecule has 72 valence electrons. The highest BCUT2D eigenvalue weighted by Crippen LogP contribution is 2.32. The normalized spacial score (nSPS) is 10.1. The van der Waals surface area contributed by atoms with Crippen molar-refractivity contribution in [2.24, 2.45) is 5.73 Å². The van der Waals surface area contributed by atoms with Gasteiger partial charge in [-0.05, 0) is 24.6 Å². The monoisotopic (exact) mass is 201 g/mol. The van der Waals surface area contributed by atoms with Crippen LogP contribution in [0.3, 0.4) is 0 Å². The zero-order valence-corrected chi connectivity index (χ0v) is 8.14. The van der Waals surface area contributed by atoms with E-state index in [1.165, 1.54) is 7.11 Å². The average molecular weight is 202 g/mol. The maximum atomic E-state index is 9.42. The molecule has 0 bridgehead atoms. The van der Waals surface area contributed by atoms with E-state index >= 15 is 0 Å². The lowest BCUT2D eigenvalue weighted by Crippen LogP contribution is -2.03.